The number of aliphatic hydroxyl groups excluding tert-OH is 1. The molecule has 0 saturated carbocycles. The minimum atomic E-state index is -0.548. The van der Waals surface area contributed by atoms with Crippen molar-refractivity contribution in [3.8, 4) is 0 Å². The number of nitrogens with one attached hydrogen (secondary N) is 2. The number of rotatable bonds is 3. The molecule has 7 nitrogen and oxygen atoms in total. The van der Waals surface area contributed by atoms with Gasteiger partial charge in [0, 0.05) is 0 Å². The number of nitrogens with zero attached hydrogens (tertiary/aromatic N) is 1. The molecule has 0 spiro atoms. The Labute approximate surface area is 132 Å². The number of fused-ring (bicyclic) bond motifs is 1. The van der Waals surface area contributed by atoms with E-state index in [9.17, 15) is 9.90 Å². The predicted molar refractivity (Wildman–Crippen MR) is 81.6 cm³/mol. The summed E-state index contributed by atoms with van der Waals surface area (Å²) >= 11 is 0. The van der Waals surface area contributed by atoms with Crippen LogP contribution in [0.2, 0.25) is 0 Å². The van der Waals surface area contributed by atoms with Crippen molar-refractivity contribution < 1.29 is 19.4 Å². The van der Waals surface area contributed by atoms with Gasteiger partial charge in [0.05, 0.1) is 0 Å². The van der Waals surface area contributed by atoms with Gasteiger partial charge in [-0.1, -0.05) is 0 Å². The van der Waals surface area contributed by atoms with Gasteiger partial charge < -0.3 is 0 Å². The van der Waals surface area contributed by atoms with E-state index in [4.69, 9.17) is 14.8 Å². The summed E-state index contributed by atoms with van der Waals surface area (Å²) in [4.78, 5) is 13.2. The van der Waals surface area contributed by atoms with E-state index in [1.165, 1.54) is 14.1 Å². The molecule has 124 valence electrons. The number of hydrogen-bond donors (Lipinski definition) is 3. The molecule has 0 aromatic carbocycles. The van der Waals surface area contributed by atoms with Crippen LogP contribution in [0.5, 0.6) is 0 Å². The fraction of sp³-hybridized carbons (Fsp3) is 0.929. The molecule has 2 heterocycles. The van der Waals surface area contributed by atoms with Crippen molar-refractivity contribution >= 4 is 13.1 Å². The van der Waals surface area contributed by atoms with E-state index in [0.29, 0.717) is 6.54 Å². The third kappa shape index (κ3) is 2.91. The van der Waals surface area contributed by atoms with Gasteiger partial charge >= 0.3 is 131 Å². The molecule has 0 aromatic heterocycles. The third-order valence-corrected chi connectivity index (χ3v) is 4.99. The number of carbonyl (C=O) groups is 1. The fourth-order valence-corrected chi connectivity index (χ4v) is 3.11. The Kier molecular flexibility index (Phi) is 4.66. The van der Waals surface area contributed by atoms with E-state index in [0.717, 1.165) is 0 Å². The number of aliphatic hydroxyl groups is 1. The monoisotopic (exact) mass is 311 g/mol. The molecule has 2 aliphatic rings. The summed E-state index contributed by atoms with van der Waals surface area (Å²) in [5.74, 6) is -0.151. The van der Waals surface area contributed by atoms with Crippen LogP contribution in [0.4, 0.5) is 0 Å². The summed E-state index contributed by atoms with van der Waals surface area (Å²) in [7, 11) is 1.18. The molecule has 4 atom stereocenters. The molecule has 2 aliphatic heterocycles. The number of hydrogen-bond acceptors (Lipinski definition) is 5. The van der Waals surface area contributed by atoms with Gasteiger partial charge in [0.25, 0.3) is 0 Å². The first-order valence-corrected chi connectivity index (χ1v) is 7.63. The number of piperidine rings is 1. The second kappa shape index (κ2) is 5.90. The molecule has 0 radical (unpaired) electrons. The predicted octanol–water partition coefficient (Wildman–Crippen LogP) is -0.110. The Balaban J connectivity index is 2.35. The molecule has 0 unspecified atom stereocenters. The molecule has 3 N–H and O–H groups in total. The molecule has 2 rings (SSSR count). The van der Waals surface area contributed by atoms with Gasteiger partial charge in [-0.25, -0.2) is 0 Å². The number of ether oxygens (including phenoxy) is 2. The maximum atomic E-state index is 11.5. The van der Waals surface area contributed by atoms with Gasteiger partial charge in [0.15, 0.2) is 0 Å². The Morgan fingerprint density at radius 2 is 1.86 bits per heavy atom. The second-order valence-corrected chi connectivity index (χ2v) is 7.07. The van der Waals surface area contributed by atoms with Crippen molar-refractivity contribution in [3.05, 3.63) is 0 Å². The topological polar surface area (TPSA) is 94.9 Å². The van der Waals surface area contributed by atoms with Gasteiger partial charge in [-0.15, -0.1) is 0 Å². The van der Waals surface area contributed by atoms with E-state index < -0.39 is 17.3 Å². The molecular formula is C14H26BN3O4. The molecule has 2 fully saturated rings. The van der Waals surface area contributed by atoms with Crippen LogP contribution in [0.3, 0.4) is 0 Å². The SMILES string of the molecule is CC(=O)N[C@H]1CN(B=N)[C@H](CO)[C@H]2OC(C)(C)C(C)(C)O[C@@H]21. The van der Waals surface area contributed by atoms with E-state index in [-0.39, 0.29) is 30.7 Å². The van der Waals surface area contributed by atoms with Crippen LogP contribution < -0.4 is 5.32 Å². The average molecular weight is 311 g/mol. The maximum absolute atomic E-state index is 11.5. The van der Waals surface area contributed by atoms with Crippen LogP contribution >= 0.6 is 0 Å². The van der Waals surface area contributed by atoms with Crippen LogP contribution in [0, 0.1) is 5.31 Å². The van der Waals surface area contributed by atoms with Gasteiger partial charge in [0.1, 0.15) is 0 Å². The molecule has 2 saturated heterocycles. The van der Waals surface area contributed by atoms with Crippen LogP contribution in [0.1, 0.15) is 34.6 Å². The molecule has 0 aliphatic carbocycles. The molecule has 0 aromatic rings. The van der Waals surface area contributed by atoms with E-state index in [1.54, 1.807) is 4.81 Å². The molecule has 8 heteroatoms. The first kappa shape index (κ1) is 17.4. The summed E-state index contributed by atoms with van der Waals surface area (Å²) in [6.07, 6.45) is -0.777. The summed E-state index contributed by atoms with van der Waals surface area (Å²) < 4.78 is 12.5. The average Bonchev–Trinajstić information content (AvgIpc) is 2.39. The summed E-state index contributed by atoms with van der Waals surface area (Å²) in [6.45, 7) is 9.57. The van der Waals surface area contributed by atoms with Crippen LogP contribution in [0.25, 0.3) is 0 Å². The van der Waals surface area contributed by atoms with Crippen molar-refractivity contribution in [2.75, 3.05) is 13.2 Å². The first-order chi connectivity index (χ1) is 10.1. The number of amides is 1. The standard InChI is InChI=1S/C14H26BN3O4/c1-8(20)17-9-6-18(15-16)10(7-19)12-11(9)21-13(2,3)14(4,5)22-12/h9-12,16,19H,6-7H2,1-5H3,(H,17,20)/t9-,10+,11+,12+/m0/s1. The Bertz CT molecular complexity index is 457. The first-order valence-electron chi connectivity index (χ1n) is 7.63. The molecule has 0 bridgehead atoms. The Morgan fingerprint density at radius 3 is 2.32 bits per heavy atom. The summed E-state index contributed by atoms with van der Waals surface area (Å²) in [5.41, 5.74) is -1.08. The molecular weight excluding hydrogens is 285 g/mol. The molecule has 22 heavy (non-hydrogen) atoms. The third-order valence-electron chi connectivity index (χ3n) is 4.99. The van der Waals surface area contributed by atoms with Crippen LogP contribution in [0.15, 0.2) is 0 Å². The van der Waals surface area contributed by atoms with Crippen molar-refractivity contribution in [1.82, 2.24) is 10.1 Å². The summed E-state index contributed by atoms with van der Waals surface area (Å²) in [5, 5.41) is 20.2. The van der Waals surface area contributed by atoms with Gasteiger partial charge in [0.2, 0.25) is 0 Å². The zero-order chi connectivity index (χ0) is 16.7. The van der Waals surface area contributed by atoms with Gasteiger partial charge in [-0.05, 0) is 0 Å². The van der Waals surface area contributed by atoms with Gasteiger partial charge in [-0.2, -0.15) is 0 Å². The summed E-state index contributed by atoms with van der Waals surface area (Å²) in [6, 6.07) is -0.648. The number of carbonyl (C=O) groups excluding carboxylic acids is 1. The second-order valence-electron chi connectivity index (χ2n) is 7.07. The van der Waals surface area contributed by atoms with Crippen molar-refractivity contribution in [2.24, 2.45) is 0 Å². The zero-order valence-electron chi connectivity index (χ0n) is 13.9. The van der Waals surface area contributed by atoms with Crippen LogP contribution in [-0.4, -0.2) is 71.7 Å². The van der Waals surface area contributed by atoms with E-state index >= 15 is 0 Å². The van der Waals surface area contributed by atoms with Crippen LogP contribution in [-0.2, 0) is 14.3 Å². The fourth-order valence-electron chi connectivity index (χ4n) is 3.11. The quantitative estimate of drug-likeness (QED) is 0.632. The minimum absolute atomic E-state index is 0.136. The normalized spacial score (nSPS) is 36.2. The van der Waals surface area contributed by atoms with E-state index in [1.807, 2.05) is 27.7 Å². The van der Waals surface area contributed by atoms with E-state index in [2.05, 4.69) is 5.32 Å². The zero-order valence-corrected chi connectivity index (χ0v) is 13.9. The van der Waals surface area contributed by atoms with Crippen molar-refractivity contribution in [1.29, 1.82) is 5.31 Å². The van der Waals surface area contributed by atoms with Crippen molar-refractivity contribution in [2.45, 2.75) is 70.1 Å². The van der Waals surface area contributed by atoms with Crippen molar-refractivity contribution in [3.63, 3.8) is 0 Å². The van der Waals surface area contributed by atoms with Gasteiger partial charge in [-0.3, -0.25) is 0 Å². The molecule has 1 amide bonds. The Morgan fingerprint density at radius 1 is 1.32 bits per heavy atom. The Hall–Kier alpha value is -0.985.